The number of anilines is 2. The molecule has 1 aromatic carbocycles. The summed E-state index contributed by atoms with van der Waals surface area (Å²) in [6.45, 7) is 2.04. The number of hydrogen-bond acceptors (Lipinski definition) is 5. The molecule has 0 saturated heterocycles. The molecule has 0 fully saturated rings. The van der Waals surface area contributed by atoms with E-state index >= 15 is 0 Å². The van der Waals surface area contributed by atoms with Gasteiger partial charge in [0.05, 0.1) is 17.9 Å². The van der Waals surface area contributed by atoms with Crippen LogP contribution in [0.4, 0.5) is 15.8 Å². The maximum atomic E-state index is 14.1. The second-order valence-corrected chi connectivity index (χ2v) is 4.58. The molecule has 6 nitrogen and oxygen atoms in total. The van der Waals surface area contributed by atoms with Crippen LogP contribution in [-0.4, -0.2) is 46.4 Å². The van der Waals surface area contributed by atoms with E-state index in [1.54, 1.807) is 19.1 Å². The van der Waals surface area contributed by atoms with Crippen molar-refractivity contribution in [3.8, 4) is 0 Å². The van der Waals surface area contributed by atoms with Crippen LogP contribution in [0.1, 0.15) is 16.8 Å². The van der Waals surface area contributed by atoms with Crippen molar-refractivity contribution in [1.29, 1.82) is 0 Å². The highest BCUT2D eigenvalue weighted by molar-refractivity contribution is 5.99. The maximum Gasteiger partial charge on any atom is 0.250 e. The van der Waals surface area contributed by atoms with E-state index in [9.17, 15) is 9.18 Å². The second kappa shape index (κ2) is 8.43. The summed E-state index contributed by atoms with van der Waals surface area (Å²) in [6.07, 6.45) is 0.718. The number of methoxy groups -OCH3 is 2. The minimum absolute atomic E-state index is 0.0346. The van der Waals surface area contributed by atoms with Crippen molar-refractivity contribution in [2.45, 2.75) is 6.42 Å². The smallest absolute Gasteiger partial charge is 0.250 e. The van der Waals surface area contributed by atoms with Crippen LogP contribution >= 0.6 is 0 Å². The SMILES string of the molecule is COCCCN(CCOC)c1cc(C(N)=O)c(N)cc1F. The molecule has 1 rings (SSSR count). The number of carbonyl (C=O) groups excluding carboxylic acids is 1. The number of amides is 1. The van der Waals surface area contributed by atoms with Crippen molar-refractivity contribution in [3.63, 3.8) is 0 Å². The van der Waals surface area contributed by atoms with Gasteiger partial charge in [-0.2, -0.15) is 0 Å². The molecule has 1 amide bonds. The Bertz CT molecular complexity index is 483. The molecule has 1 aromatic rings. The highest BCUT2D eigenvalue weighted by Gasteiger charge is 2.16. The minimum atomic E-state index is -0.683. The fourth-order valence-corrected chi connectivity index (χ4v) is 1.99. The van der Waals surface area contributed by atoms with Crippen molar-refractivity contribution in [3.05, 3.63) is 23.5 Å². The van der Waals surface area contributed by atoms with E-state index < -0.39 is 11.7 Å². The lowest BCUT2D eigenvalue weighted by molar-refractivity contribution is 0.100. The zero-order valence-electron chi connectivity index (χ0n) is 12.4. The van der Waals surface area contributed by atoms with Crippen molar-refractivity contribution < 1.29 is 18.7 Å². The quantitative estimate of drug-likeness (QED) is 0.524. The fourth-order valence-electron chi connectivity index (χ4n) is 1.99. The summed E-state index contributed by atoms with van der Waals surface area (Å²) in [5.74, 6) is -1.18. The Balaban J connectivity index is 3.03. The summed E-state index contributed by atoms with van der Waals surface area (Å²) in [5.41, 5.74) is 11.3. The van der Waals surface area contributed by atoms with Crippen LogP contribution in [-0.2, 0) is 9.47 Å². The lowest BCUT2D eigenvalue weighted by atomic mass is 10.1. The molecule has 0 atom stereocenters. The Hall–Kier alpha value is -1.86. The third-order valence-electron chi connectivity index (χ3n) is 3.07. The number of halogens is 1. The van der Waals surface area contributed by atoms with Crippen LogP contribution < -0.4 is 16.4 Å². The number of primary amides is 1. The van der Waals surface area contributed by atoms with E-state index in [4.69, 9.17) is 20.9 Å². The first kappa shape index (κ1) is 17.2. The fraction of sp³-hybridized carbons (Fsp3) is 0.500. The molecule has 0 saturated carbocycles. The van der Waals surface area contributed by atoms with Crippen molar-refractivity contribution in [2.24, 2.45) is 5.73 Å². The molecule has 0 radical (unpaired) electrons. The molecule has 0 aliphatic heterocycles. The first-order chi connectivity index (χ1) is 10.0. The van der Waals surface area contributed by atoms with Gasteiger partial charge in [0.25, 0.3) is 5.91 Å². The molecule has 0 aliphatic carbocycles. The Morgan fingerprint density at radius 1 is 1.24 bits per heavy atom. The molecule has 21 heavy (non-hydrogen) atoms. The Labute approximate surface area is 123 Å². The Kier molecular flexibility index (Phi) is 6.90. The van der Waals surface area contributed by atoms with Crippen molar-refractivity contribution >= 4 is 17.3 Å². The summed E-state index contributed by atoms with van der Waals surface area (Å²) in [5, 5.41) is 0. The summed E-state index contributed by atoms with van der Waals surface area (Å²) >= 11 is 0. The lowest BCUT2D eigenvalue weighted by Crippen LogP contribution is -2.30. The van der Waals surface area contributed by atoms with Gasteiger partial charge in [0, 0.05) is 39.6 Å². The van der Waals surface area contributed by atoms with Gasteiger partial charge in [-0.25, -0.2) is 4.39 Å². The summed E-state index contributed by atoms with van der Waals surface area (Å²) in [7, 11) is 3.18. The molecule has 0 unspecified atom stereocenters. The zero-order valence-corrected chi connectivity index (χ0v) is 12.4. The van der Waals surface area contributed by atoms with Crippen molar-refractivity contribution in [2.75, 3.05) is 51.2 Å². The first-order valence-corrected chi connectivity index (χ1v) is 6.63. The van der Waals surface area contributed by atoms with E-state index in [0.717, 1.165) is 12.5 Å². The number of nitrogens with zero attached hydrogens (tertiary/aromatic N) is 1. The van der Waals surface area contributed by atoms with E-state index in [1.165, 1.54) is 6.07 Å². The van der Waals surface area contributed by atoms with Gasteiger partial charge in [-0.1, -0.05) is 0 Å². The van der Waals surface area contributed by atoms with Crippen LogP contribution in [0.25, 0.3) is 0 Å². The normalized spacial score (nSPS) is 10.6. The average Bonchev–Trinajstić information content (AvgIpc) is 2.43. The van der Waals surface area contributed by atoms with Gasteiger partial charge < -0.3 is 25.8 Å². The largest absolute Gasteiger partial charge is 0.398 e. The lowest BCUT2D eigenvalue weighted by Gasteiger charge is -2.25. The number of benzene rings is 1. The highest BCUT2D eigenvalue weighted by atomic mass is 19.1. The van der Waals surface area contributed by atoms with Crippen LogP contribution in [0.3, 0.4) is 0 Å². The molecular weight excluding hydrogens is 277 g/mol. The number of carbonyl (C=O) groups is 1. The predicted molar refractivity (Wildman–Crippen MR) is 79.9 cm³/mol. The van der Waals surface area contributed by atoms with Crippen molar-refractivity contribution in [1.82, 2.24) is 0 Å². The van der Waals surface area contributed by atoms with Crippen LogP contribution in [0.5, 0.6) is 0 Å². The van der Waals surface area contributed by atoms with Gasteiger partial charge in [0.15, 0.2) is 0 Å². The Morgan fingerprint density at radius 3 is 2.48 bits per heavy atom. The molecule has 7 heteroatoms. The average molecular weight is 299 g/mol. The van der Waals surface area contributed by atoms with E-state index in [-0.39, 0.29) is 16.9 Å². The van der Waals surface area contributed by atoms with Gasteiger partial charge in [-0.05, 0) is 18.6 Å². The van der Waals surface area contributed by atoms with Crippen LogP contribution in [0.2, 0.25) is 0 Å². The van der Waals surface area contributed by atoms with Gasteiger partial charge in [0.2, 0.25) is 0 Å². The van der Waals surface area contributed by atoms with Gasteiger partial charge >= 0.3 is 0 Å². The summed E-state index contributed by atoms with van der Waals surface area (Å²) < 4.78 is 24.2. The molecule has 0 aliphatic rings. The molecule has 0 aromatic heterocycles. The molecule has 0 bridgehead atoms. The third kappa shape index (κ3) is 4.87. The third-order valence-corrected chi connectivity index (χ3v) is 3.07. The van der Waals surface area contributed by atoms with Gasteiger partial charge in [-0.3, -0.25) is 4.79 Å². The number of hydrogen-bond donors (Lipinski definition) is 2. The van der Waals surface area contributed by atoms with E-state index in [0.29, 0.717) is 26.3 Å². The standard InChI is InChI=1S/C14H22FN3O3/c1-20-6-3-4-18(5-7-21-2)13-8-10(14(17)19)12(16)9-11(13)15/h8-9H,3-7,16H2,1-2H3,(H2,17,19). The van der Waals surface area contributed by atoms with Crippen LogP contribution in [0, 0.1) is 5.82 Å². The molecule has 4 N–H and O–H groups in total. The second-order valence-electron chi connectivity index (χ2n) is 4.58. The van der Waals surface area contributed by atoms with Gasteiger partial charge in [-0.15, -0.1) is 0 Å². The molecule has 118 valence electrons. The number of ether oxygens (including phenoxy) is 2. The summed E-state index contributed by atoms with van der Waals surface area (Å²) in [6, 6.07) is 2.50. The topological polar surface area (TPSA) is 90.8 Å². The van der Waals surface area contributed by atoms with E-state index in [2.05, 4.69) is 0 Å². The molecule has 0 heterocycles. The Morgan fingerprint density at radius 2 is 1.90 bits per heavy atom. The number of nitrogen functional groups attached to an aromatic ring is 1. The molecule has 0 spiro atoms. The minimum Gasteiger partial charge on any atom is -0.398 e. The van der Waals surface area contributed by atoms with Gasteiger partial charge in [0.1, 0.15) is 5.82 Å². The predicted octanol–water partition coefficient (Wildman–Crippen LogP) is 0.996. The monoisotopic (exact) mass is 299 g/mol. The number of rotatable bonds is 9. The maximum absolute atomic E-state index is 14.1. The zero-order chi connectivity index (χ0) is 15.8. The van der Waals surface area contributed by atoms with E-state index in [1.807, 2.05) is 0 Å². The first-order valence-electron chi connectivity index (χ1n) is 6.63. The number of nitrogens with two attached hydrogens (primary N) is 2. The summed E-state index contributed by atoms with van der Waals surface area (Å²) in [4.78, 5) is 13.1. The molecular formula is C14H22FN3O3. The highest BCUT2D eigenvalue weighted by Crippen LogP contribution is 2.25. The van der Waals surface area contributed by atoms with Crippen LogP contribution in [0.15, 0.2) is 12.1 Å².